The average molecular weight is 316 g/mol. The van der Waals surface area contributed by atoms with E-state index < -0.39 is 40.3 Å². The lowest BCUT2D eigenvalue weighted by Crippen LogP contribution is -2.29. The number of nitrogens with zero attached hydrogens (tertiary/aromatic N) is 1. The molecule has 114 valence electrons. The highest BCUT2D eigenvalue weighted by Crippen LogP contribution is 2.33. The van der Waals surface area contributed by atoms with Crippen molar-refractivity contribution in [1.82, 2.24) is 0 Å². The Bertz CT molecular complexity index is 704. The number of esters is 1. The second-order valence-electron chi connectivity index (χ2n) is 4.54. The molecule has 1 saturated heterocycles. The molecule has 1 amide bonds. The van der Waals surface area contributed by atoms with Gasteiger partial charge in [0.15, 0.2) is 0 Å². The molecule has 0 radical (unpaired) electrons. The fourth-order valence-electron chi connectivity index (χ4n) is 2.22. The topological polar surface area (TPSA) is 107 Å². The Labute approximate surface area is 120 Å². The van der Waals surface area contributed by atoms with Gasteiger partial charge < -0.3 is 15.4 Å². The number of hydrogen-bond donors (Lipinski definition) is 1. The number of ether oxygens (including phenoxy) is 1. The van der Waals surface area contributed by atoms with Crippen molar-refractivity contribution in [3.8, 4) is 0 Å². The summed E-state index contributed by atoms with van der Waals surface area (Å²) >= 11 is 0. The molecular weight excluding hydrogens is 303 g/mol. The fraction of sp³-hybridized carbons (Fsp3) is 0.333. The molecule has 9 heteroatoms. The van der Waals surface area contributed by atoms with Crippen molar-refractivity contribution in [2.75, 3.05) is 24.3 Å². The van der Waals surface area contributed by atoms with Crippen LogP contribution in [0.5, 0.6) is 0 Å². The summed E-state index contributed by atoms with van der Waals surface area (Å²) in [6.45, 7) is -0.393. The summed E-state index contributed by atoms with van der Waals surface area (Å²) in [6, 6.07) is 4.34. The van der Waals surface area contributed by atoms with Gasteiger partial charge in [-0.25, -0.2) is 4.79 Å². The van der Waals surface area contributed by atoms with Gasteiger partial charge in [-0.1, -0.05) is 6.07 Å². The summed E-state index contributed by atoms with van der Waals surface area (Å²) in [5, 5.41) is -1.46. The van der Waals surface area contributed by atoms with Crippen molar-refractivity contribution in [3.05, 3.63) is 23.8 Å². The number of nitrogen functional groups attached to an aromatic ring is 1. The molecule has 2 N–H and O–H groups in total. The van der Waals surface area contributed by atoms with Crippen molar-refractivity contribution < 1.29 is 26.6 Å². The number of anilines is 2. The molecule has 1 aliphatic heterocycles. The van der Waals surface area contributed by atoms with E-state index >= 15 is 0 Å². The second-order valence-corrected chi connectivity index (χ2v) is 6.16. The number of hydrogen-bond acceptors (Lipinski definition) is 6. The molecule has 1 aromatic rings. The van der Waals surface area contributed by atoms with E-state index in [1.165, 1.54) is 18.2 Å². The van der Waals surface area contributed by atoms with Crippen LogP contribution in [0.25, 0.3) is 0 Å². The first-order valence-electron chi connectivity index (χ1n) is 5.96. The fourth-order valence-corrected chi connectivity index (χ4v) is 2.89. The first-order chi connectivity index (χ1) is 9.75. The minimum absolute atomic E-state index is 0.0164. The Hall–Kier alpha value is -2.16. The van der Waals surface area contributed by atoms with Gasteiger partial charge in [0.2, 0.25) is 5.91 Å². The molecule has 1 fully saturated rings. The first kappa shape index (κ1) is 15.2. The van der Waals surface area contributed by atoms with Crippen LogP contribution in [0.2, 0.25) is 0 Å². The largest absolute Gasteiger partial charge is 0.465 e. The second kappa shape index (κ2) is 5.32. The van der Waals surface area contributed by atoms with Gasteiger partial charge in [0, 0.05) is 13.0 Å². The molecule has 1 aromatic carbocycles. The summed E-state index contributed by atoms with van der Waals surface area (Å²) in [5.41, 5.74) is 5.92. The van der Waals surface area contributed by atoms with E-state index in [-0.39, 0.29) is 16.9 Å². The molecule has 21 heavy (non-hydrogen) atoms. The molecule has 1 unspecified atom stereocenters. The number of nitrogens with two attached hydrogens (primary N) is 1. The Balaban J connectivity index is 2.48. The van der Waals surface area contributed by atoms with Gasteiger partial charge in [-0.3, -0.25) is 4.79 Å². The number of methoxy groups -OCH3 is 1. The summed E-state index contributed by atoms with van der Waals surface area (Å²) in [4.78, 5) is 24.7. The van der Waals surface area contributed by atoms with Crippen molar-refractivity contribution in [2.45, 2.75) is 11.7 Å². The molecule has 0 spiro atoms. The van der Waals surface area contributed by atoms with E-state index in [0.29, 0.717) is 0 Å². The van der Waals surface area contributed by atoms with Gasteiger partial charge in [-0.2, -0.15) is 8.42 Å². The summed E-state index contributed by atoms with van der Waals surface area (Å²) in [5.74, 6) is -1.35. The normalized spacial score (nSPS) is 18.9. The molecule has 0 aromatic heterocycles. The standard InChI is InChI=1S/C12H13FN2O5S/c1-20-12(17)8-3-2-4-9(14)11(8)15-6-7(5-10(15)16)21(13,18)19/h2-4,7H,5-6,14H2,1H3. The maximum Gasteiger partial charge on any atom is 0.340 e. The number of amides is 1. The first-order valence-corrected chi connectivity index (χ1v) is 7.41. The minimum atomic E-state index is -4.85. The SMILES string of the molecule is COC(=O)c1cccc(N)c1N1CC(S(=O)(=O)F)CC1=O. The molecule has 0 aliphatic carbocycles. The predicted molar refractivity (Wildman–Crippen MR) is 73.0 cm³/mol. The van der Waals surface area contributed by atoms with Crippen molar-refractivity contribution in [2.24, 2.45) is 0 Å². The van der Waals surface area contributed by atoms with Crippen molar-refractivity contribution >= 4 is 33.5 Å². The third-order valence-electron chi connectivity index (χ3n) is 3.23. The van der Waals surface area contributed by atoms with E-state index in [0.717, 1.165) is 12.0 Å². The molecule has 1 atom stereocenters. The van der Waals surface area contributed by atoms with Crippen LogP contribution in [0.4, 0.5) is 15.3 Å². The van der Waals surface area contributed by atoms with Gasteiger partial charge in [0.25, 0.3) is 0 Å². The minimum Gasteiger partial charge on any atom is -0.465 e. The van der Waals surface area contributed by atoms with Crippen LogP contribution < -0.4 is 10.6 Å². The highest BCUT2D eigenvalue weighted by atomic mass is 32.3. The van der Waals surface area contributed by atoms with Crippen molar-refractivity contribution in [1.29, 1.82) is 0 Å². The zero-order valence-corrected chi connectivity index (χ0v) is 11.9. The number of carbonyl (C=O) groups is 2. The lowest BCUT2D eigenvalue weighted by atomic mass is 10.1. The van der Waals surface area contributed by atoms with Crippen LogP contribution in [-0.4, -0.2) is 39.2 Å². The van der Waals surface area contributed by atoms with E-state index in [4.69, 9.17) is 5.73 Å². The number of halogens is 1. The van der Waals surface area contributed by atoms with Gasteiger partial charge in [-0.05, 0) is 12.1 Å². The quantitative estimate of drug-likeness (QED) is 0.493. The Morgan fingerprint density at radius 2 is 2.14 bits per heavy atom. The highest BCUT2D eigenvalue weighted by Gasteiger charge is 2.40. The maximum atomic E-state index is 13.1. The van der Waals surface area contributed by atoms with Crippen LogP contribution in [0, 0.1) is 0 Å². The average Bonchev–Trinajstić information content (AvgIpc) is 2.79. The van der Waals surface area contributed by atoms with Gasteiger partial charge in [-0.15, -0.1) is 3.89 Å². The Morgan fingerprint density at radius 1 is 1.48 bits per heavy atom. The van der Waals surface area contributed by atoms with E-state index in [9.17, 15) is 21.9 Å². The zero-order chi connectivity index (χ0) is 15.8. The van der Waals surface area contributed by atoms with Crippen molar-refractivity contribution in [3.63, 3.8) is 0 Å². The van der Waals surface area contributed by atoms with E-state index in [2.05, 4.69) is 4.74 Å². The Kier molecular flexibility index (Phi) is 3.86. The monoisotopic (exact) mass is 316 g/mol. The van der Waals surface area contributed by atoms with Gasteiger partial charge in [0.1, 0.15) is 5.25 Å². The summed E-state index contributed by atoms with van der Waals surface area (Å²) in [7, 11) is -3.68. The number of rotatable bonds is 3. The molecule has 2 rings (SSSR count). The molecule has 1 aliphatic rings. The summed E-state index contributed by atoms with van der Waals surface area (Å²) in [6.07, 6.45) is -0.492. The lowest BCUT2D eigenvalue weighted by molar-refractivity contribution is -0.117. The summed E-state index contributed by atoms with van der Waals surface area (Å²) < 4.78 is 39.5. The smallest absolute Gasteiger partial charge is 0.340 e. The zero-order valence-electron chi connectivity index (χ0n) is 11.1. The van der Waals surface area contributed by atoms with Gasteiger partial charge in [0.05, 0.1) is 24.0 Å². The number of benzene rings is 1. The predicted octanol–water partition coefficient (Wildman–Crippen LogP) is 0.460. The van der Waals surface area contributed by atoms with E-state index in [1.807, 2.05) is 0 Å². The van der Waals surface area contributed by atoms with Crippen LogP contribution in [0.15, 0.2) is 18.2 Å². The third kappa shape index (κ3) is 2.82. The number of carbonyl (C=O) groups excluding carboxylic acids is 2. The third-order valence-corrected chi connectivity index (χ3v) is 4.34. The molecule has 1 heterocycles. The number of para-hydroxylation sites is 1. The van der Waals surface area contributed by atoms with Crippen LogP contribution >= 0.6 is 0 Å². The molecular formula is C12H13FN2O5S. The maximum absolute atomic E-state index is 13.1. The Morgan fingerprint density at radius 3 is 2.67 bits per heavy atom. The van der Waals surface area contributed by atoms with Crippen LogP contribution in [-0.2, 0) is 19.8 Å². The highest BCUT2D eigenvalue weighted by molar-refractivity contribution is 7.87. The molecule has 0 bridgehead atoms. The molecule has 0 saturated carbocycles. The van der Waals surface area contributed by atoms with E-state index in [1.54, 1.807) is 0 Å². The van der Waals surface area contributed by atoms with Gasteiger partial charge >= 0.3 is 16.2 Å². The van der Waals surface area contributed by atoms with Crippen LogP contribution in [0.1, 0.15) is 16.8 Å². The lowest BCUT2D eigenvalue weighted by Gasteiger charge is -2.21. The van der Waals surface area contributed by atoms with Crippen LogP contribution in [0.3, 0.4) is 0 Å². The molecule has 7 nitrogen and oxygen atoms in total.